The molecule has 13 nitrogen and oxygen atoms in total. The number of aliphatic hydroxyl groups excluding tert-OH is 1. The Balaban J connectivity index is 0.799. The van der Waals surface area contributed by atoms with Crippen LogP contribution in [0.15, 0.2) is 70.7 Å². The van der Waals surface area contributed by atoms with Crippen LogP contribution in [0.5, 0.6) is 5.75 Å². The van der Waals surface area contributed by atoms with Crippen molar-refractivity contribution < 1.29 is 24.3 Å². The number of nitrogens with zero attached hydrogens (tertiary/aromatic N) is 7. The van der Waals surface area contributed by atoms with Gasteiger partial charge >= 0.3 is 0 Å². The lowest BCUT2D eigenvalue weighted by molar-refractivity contribution is -0.141. The van der Waals surface area contributed by atoms with E-state index in [0.717, 1.165) is 76.8 Å². The molecule has 7 heterocycles. The van der Waals surface area contributed by atoms with Gasteiger partial charge in [0.1, 0.15) is 22.5 Å². The average Bonchev–Trinajstić information content (AvgIpc) is 4.05. The van der Waals surface area contributed by atoms with Gasteiger partial charge in [-0.15, -0.1) is 32.9 Å². The number of aromatic hydroxyl groups is 1. The van der Waals surface area contributed by atoms with Gasteiger partial charge in [-0.1, -0.05) is 55.4 Å². The van der Waals surface area contributed by atoms with Crippen LogP contribution in [0.1, 0.15) is 85.4 Å². The lowest BCUT2D eigenvalue weighted by Gasteiger charge is -2.47. The van der Waals surface area contributed by atoms with Gasteiger partial charge in [-0.2, -0.15) is 0 Å². The minimum Gasteiger partial charge on any atom is -0.507 e. The van der Waals surface area contributed by atoms with Crippen LogP contribution in [0.2, 0.25) is 0 Å². The van der Waals surface area contributed by atoms with Crippen LogP contribution in [0.25, 0.3) is 31.9 Å². The van der Waals surface area contributed by atoms with Crippen molar-refractivity contribution in [2.75, 3.05) is 37.6 Å². The molecule has 3 aliphatic rings. The van der Waals surface area contributed by atoms with E-state index in [9.17, 15) is 19.8 Å². The van der Waals surface area contributed by atoms with Gasteiger partial charge in [0.05, 0.1) is 33.9 Å². The van der Waals surface area contributed by atoms with E-state index in [1.54, 1.807) is 34.8 Å². The van der Waals surface area contributed by atoms with Crippen molar-refractivity contribution in [2.24, 2.45) is 5.92 Å². The molecule has 3 saturated heterocycles. The highest BCUT2D eigenvalue weighted by molar-refractivity contribution is 7.19. The molecule has 0 spiro atoms. The van der Waals surface area contributed by atoms with Gasteiger partial charge in [0.25, 0.3) is 0 Å². The van der Waals surface area contributed by atoms with E-state index in [1.165, 1.54) is 15.3 Å². The van der Waals surface area contributed by atoms with Crippen LogP contribution in [0, 0.1) is 19.8 Å². The highest BCUT2D eigenvalue weighted by Crippen LogP contribution is 2.42. The number of aryl methyl sites for hydroxylation is 2. The van der Waals surface area contributed by atoms with Crippen LogP contribution in [0.4, 0.5) is 5.82 Å². The maximum absolute atomic E-state index is 14.3. The Morgan fingerprint density at radius 3 is 2.43 bits per heavy atom. The first kappa shape index (κ1) is 41.1. The normalized spacial score (nSPS) is 20.0. The molecule has 2 amide bonds. The number of fused-ring (bicyclic) bond motifs is 1. The van der Waals surface area contributed by atoms with Gasteiger partial charge in [0.15, 0.2) is 11.6 Å². The molecule has 0 radical (unpaired) electrons. The number of phenolic OH excluding ortho intramolecular Hbond substituents is 1. The molecule has 3 N–H and O–H groups in total. The van der Waals surface area contributed by atoms with Crippen LogP contribution in [0.3, 0.4) is 0 Å². The number of carbonyl (C=O) groups excluding carboxylic acids is 2. The van der Waals surface area contributed by atoms with Crippen molar-refractivity contribution in [3.05, 3.63) is 93.6 Å². The van der Waals surface area contributed by atoms with Crippen LogP contribution >= 0.6 is 22.7 Å². The number of β-amino-alcohol motifs (C(OH)–C–C–N with tert-alkyl or cyclic N) is 1. The first-order valence-electron chi connectivity index (χ1n) is 21.2. The number of hydrogen-bond acceptors (Lipinski definition) is 13. The topological polar surface area (TPSA) is 161 Å². The highest BCUT2D eigenvalue weighted by atomic mass is 32.1. The number of amides is 2. The molecule has 3 fully saturated rings. The standard InChI is InChI=1S/C46H52N8O5S2/c1-25(2)41(46(58)54-23-33(55)18-37(54)44(57)48-27(4)29-10-12-30(13-11-29)43-28(5)47-24-60-43)39-20-40(51-59-39)52-16-14-32(15-17-52)53-21-31(22-53)42-26(3)35-19-36(49-50-45(35)61-42)34-8-6-7-9-38(34)56/h6-13,19-20,24-25,27,31-33,37,41,55-56H,14-18,21-23H2,1-5H3,(H,48,57)/t27-,33+,37-,41+/m0/s1. The molecule has 6 aromatic rings. The number of rotatable bonds is 11. The van der Waals surface area contributed by atoms with Crippen LogP contribution in [-0.2, 0) is 9.59 Å². The number of aromatic nitrogens is 4. The van der Waals surface area contributed by atoms with Gasteiger partial charge in [-0.25, -0.2) is 4.98 Å². The third-order valence-electron chi connectivity index (χ3n) is 12.9. The number of carbonyl (C=O) groups is 2. The monoisotopic (exact) mass is 860 g/mol. The minimum atomic E-state index is -0.800. The fourth-order valence-corrected chi connectivity index (χ4v) is 11.4. The first-order chi connectivity index (χ1) is 29.4. The lowest BCUT2D eigenvalue weighted by Crippen LogP contribution is -2.54. The maximum atomic E-state index is 14.3. The van der Waals surface area contributed by atoms with E-state index in [0.29, 0.717) is 29.0 Å². The highest BCUT2D eigenvalue weighted by Gasteiger charge is 2.44. The summed E-state index contributed by atoms with van der Waals surface area (Å²) < 4.78 is 5.92. The van der Waals surface area contributed by atoms with Gasteiger partial charge in [0.2, 0.25) is 11.8 Å². The third kappa shape index (κ3) is 8.04. The zero-order chi connectivity index (χ0) is 42.5. The second-order valence-electron chi connectivity index (χ2n) is 17.3. The van der Waals surface area contributed by atoms with E-state index in [-0.39, 0.29) is 42.5 Å². The van der Waals surface area contributed by atoms with E-state index in [4.69, 9.17) is 4.52 Å². The van der Waals surface area contributed by atoms with Gasteiger partial charge < -0.3 is 29.9 Å². The van der Waals surface area contributed by atoms with Crippen LogP contribution < -0.4 is 10.2 Å². The molecule has 61 heavy (non-hydrogen) atoms. The van der Waals surface area contributed by atoms with E-state index >= 15 is 0 Å². The number of benzene rings is 2. The molecular formula is C46H52N8O5S2. The van der Waals surface area contributed by atoms with Gasteiger partial charge in [0, 0.05) is 73.0 Å². The number of phenols is 1. The predicted molar refractivity (Wildman–Crippen MR) is 238 cm³/mol. The minimum absolute atomic E-state index is 0.0838. The number of thiazole rings is 1. The van der Waals surface area contributed by atoms with E-state index < -0.39 is 18.1 Å². The van der Waals surface area contributed by atoms with Gasteiger partial charge in [-0.05, 0) is 74.4 Å². The number of aliphatic hydroxyl groups is 1. The SMILES string of the molecule is Cc1ncsc1-c1ccc([C@H](C)NC(=O)[C@@H]2C[C@@H](O)CN2C(=O)[C@@H](c2cc(N3CCC(N4CC(c5sc6nnc(-c7ccccc7O)cc6c5C)C4)CC3)no2)C(C)C)cc1. The first-order valence-corrected chi connectivity index (χ1v) is 22.9. The third-order valence-corrected chi connectivity index (χ3v) is 15.2. The Kier molecular flexibility index (Phi) is 11.4. The molecule has 0 unspecified atom stereocenters. The molecule has 0 saturated carbocycles. The number of likely N-dealkylation sites (tertiary alicyclic amines) is 2. The summed E-state index contributed by atoms with van der Waals surface area (Å²) in [6.45, 7) is 13.8. The summed E-state index contributed by atoms with van der Waals surface area (Å²) in [7, 11) is 0. The summed E-state index contributed by atoms with van der Waals surface area (Å²) >= 11 is 3.33. The van der Waals surface area contributed by atoms with Crippen LogP contribution in [-0.4, -0.2) is 103 Å². The maximum Gasteiger partial charge on any atom is 0.243 e. The van der Waals surface area contributed by atoms with Crippen molar-refractivity contribution in [1.82, 2.24) is 35.5 Å². The summed E-state index contributed by atoms with van der Waals surface area (Å²) in [5.41, 5.74) is 7.47. The number of piperidine rings is 1. The molecule has 2 aromatic carbocycles. The summed E-state index contributed by atoms with van der Waals surface area (Å²) in [6, 6.07) is 18.6. The molecular weight excluding hydrogens is 809 g/mol. The average molecular weight is 861 g/mol. The second kappa shape index (κ2) is 16.9. The van der Waals surface area contributed by atoms with Crippen molar-refractivity contribution in [3.63, 3.8) is 0 Å². The molecule has 4 atom stereocenters. The second-order valence-corrected chi connectivity index (χ2v) is 19.1. The molecule has 318 valence electrons. The number of anilines is 1. The molecule has 15 heteroatoms. The fraction of sp³-hybridized carbons (Fsp3) is 0.435. The summed E-state index contributed by atoms with van der Waals surface area (Å²) in [4.78, 5) is 42.2. The largest absolute Gasteiger partial charge is 0.507 e. The van der Waals surface area contributed by atoms with Gasteiger partial charge in [-0.3, -0.25) is 14.5 Å². The number of nitrogens with one attached hydrogen (secondary N) is 1. The zero-order valence-electron chi connectivity index (χ0n) is 35.1. The molecule has 4 aromatic heterocycles. The Morgan fingerprint density at radius 1 is 0.967 bits per heavy atom. The summed E-state index contributed by atoms with van der Waals surface area (Å²) in [5.74, 6) is 0.541. The Hall–Kier alpha value is -5.22. The molecule has 0 aliphatic carbocycles. The van der Waals surface area contributed by atoms with Crippen molar-refractivity contribution >= 4 is 50.5 Å². The van der Waals surface area contributed by atoms with Crippen molar-refractivity contribution in [1.29, 1.82) is 0 Å². The smallest absolute Gasteiger partial charge is 0.243 e. The van der Waals surface area contributed by atoms with Crippen molar-refractivity contribution in [2.45, 2.75) is 89.9 Å². The fourth-order valence-electron chi connectivity index (χ4n) is 9.38. The number of thiophene rings is 1. The number of hydrogen-bond donors (Lipinski definition) is 3. The Morgan fingerprint density at radius 2 is 1.72 bits per heavy atom. The molecule has 3 aliphatic heterocycles. The Labute approximate surface area is 363 Å². The van der Waals surface area contributed by atoms with E-state index in [1.807, 2.05) is 75.7 Å². The zero-order valence-corrected chi connectivity index (χ0v) is 36.7. The number of para-hydroxylation sites is 1. The van der Waals surface area contributed by atoms with E-state index in [2.05, 4.69) is 48.4 Å². The predicted octanol–water partition coefficient (Wildman–Crippen LogP) is 7.44. The summed E-state index contributed by atoms with van der Waals surface area (Å²) in [6.07, 6.45) is 1.37. The molecule has 0 bridgehead atoms. The quantitative estimate of drug-likeness (QED) is 0.119. The Bertz CT molecular complexity index is 2540. The van der Waals surface area contributed by atoms with Crippen molar-refractivity contribution in [3.8, 4) is 27.4 Å². The molecule has 9 rings (SSSR count). The lowest BCUT2D eigenvalue weighted by atomic mass is 9.90. The summed E-state index contributed by atoms with van der Waals surface area (Å²) in [5, 5.41) is 38.7.